The standard InChI is InChI=1S/C26H47N3O4/c1-11-26(8,9)29-15-13-12-14-19(29)22(30)27-21(25(5,6)7)23(31)28(10)20(17(2)3)16-18(4)24(32)33/h16-17,19-21H,11-15H2,1-10H3,(H,27,30)(H,32,33)/b18-16+/t19?,20-,21-/m1/s1. The van der Waals surface area contributed by atoms with E-state index in [1.807, 2.05) is 34.6 Å². The van der Waals surface area contributed by atoms with Crippen LogP contribution < -0.4 is 5.32 Å². The lowest BCUT2D eigenvalue weighted by molar-refractivity contribution is -0.142. The number of rotatable bonds is 9. The number of nitrogens with one attached hydrogen (secondary N) is 1. The zero-order valence-electron chi connectivity index (χ0n) is 22.5. The second-order valence-corrected chi connectivity index (χ2v) is 11.5. The molecule has 0 saturated carbocycles. The fourth-order valence-electron chi connectivity index (χ4n) is 4.45. The van der Waals surface area contributed by atoms with E-state index < -0.39 is 17.4 Å². The summed E-state index contributed by atoms with van der Waals surface area (Å²) in [5.41, 5.74) is -0.403. The van der Waals surface area contributed by atoms with Crippen LogP contribution in [-0.4, -0.2) is 69.9 Å². The van der Waals surface area contributed by atoms with Gasteiger partial charge in [-0.1, -0.05) is 54.0 Å². The molecule has 0 aromatic carbocycles. The molecule has 1 unspecified atom stereocenters. The topological polar surface area (TPSA) is 90.0 Å². The van der Waals surface area contributed by atoms with E-state index in [0.717, 1.165) is 32.2 Å². The monoisotopic (exact) mass is 465 g/mol. The summed E-state index contributed by atoms with van der Waals surface area (Å²) in [6.45, 7) is 18.6. The summed E-state index contributed by atoms with van der Waals surface area (Å²) in [4.78, 5) is 42.4. The molecule has 2 amide bonds. The van der Waals surface area contributed by atoms with Gasteiger partial charge >= 0.3 is 5.97 Å². The van der Waals surface area contributed by atoms with Crippen LogP contribution in [0.4, 0.5) is 0 Å². The first-order chi connectivity index (χ1) is 15.0. The van der Waals surface area contributed by atoms with E-state index in [-0.39, 0.29) is 40.9 Å². The number of likely N-dealkylation sites (N-methyl/N-ethyl adjacent to an activating group) is 1. The van der Waals surface area contributed by atoms with Gasteiger partial charge in [0.1, 0.15) is 6.04 Å². The highest BCUT2D eigenvalue weighted by Gasteiger charge is 2.41. The van der Waals surface area contributed by atoms with Gasteiger partial charge < -0.3 is 15.3 Å². The number of piperidine rings is 1. The van der Waals surface area contributed by atoms with Crippen LogP contribution in [-0.2, 0) is 14.4 Å². The first-order valence-corrected chi connectivity index (χ1v) is 12.3. The van der Waals surface area contributed by atoms with E-state index >= 15 is 0 Å². The van der Waals surface area contributed by atoms with E-state index in [1.54, 1.807) is 18.0 Å². The Morgan fingerprint density at radius 1 is 1.15 bits per heavy atom. The van der Waals surface area contributed by atoms with Crippen molar-refractivity contribution in [1.29, 1.82) is 0 Å². The van der Waals surface area contributed by atoms with Crippen LogP contribution in [0.15, 0.2) is 11.6 Å². The Morgan fingerprint density at radius 3 is 2.18 bits per heavy atom. The molecular weight excluding hydrogens is 418 g/mol. The molecule has 1 aliphatic rings. The zero-order valence-corrected chi connectivity index (χ0v) is 22.5. The van der Waals surface area contributed by atoms with Gasteiger partial charge in [-0.15, -0.1) is 0 Å². The Kier molecular flexibility index (Phi) is 10.2. The SMILES string of the molecule is CCC(C)(C)N1CCCCC1C(=O)N[C@H](C(=O)N(C)[C@H](/C=C(\C)C(=O)O)C(C)C)C(C)(C)C. The molecule has 7 heteroatoms. The molecule has 1 saturated heterocycles. The van der Waals surface area contributed by atoms with Crippen molar-refractivity contribution in [1.82, 2.24) is 15.1 Å². The first kappa shape index (κ1) is 29.1. The molecule has 1 aliphatic heterocycles. The van der Waals surface area contributed by atoms with Crippen molar-refractivity contribution in [3.8, 4) is 0 Å². The van der Waals surface area contributed by atoms with Crippen molar-refractivity contribution < 1.29 is 19.5 Å². The van der Waals surface area contributed by atoms with Gasteiger partial charge in [0.2, 0.25) is 11.8 Å². The summed E-state index contributed by atoms with van der Waals surface area (Å²) in [6, 6.07) is -1.37. The molecule has 1 fully saturated rings. The van der Waals surface area contributed by atoms with Gasteiger partial charge in [-0.25, -0.2) is 4.79 Å². The maximum atomic E-state index is 13.7. The minimum absolute atomic E-state index is 0.0174. The summed E-state index contributed by atoms with van der Waals surface area (Å²) in [5, 5.41) is 12.4. The average Bonchev–Trinajstić information content (AvgIpc) is 2.73. The molecule has 0 aliphatic carbocycles. The maximum absolute atomic E-state index is 13.7. The predicted molar refractivity (Wildman–Crippen MR) is 133 cm³/mol. The van der Waals surface area contributed by atoms with Gasteiger partial charge in [0.25, 0.3) is 0 Å². The Hall–Kier alpha value is -1.89. The summed E-state index contributed by atoms with van der Waals surface area (Å²) in [7, 11) is 1.69. The highest BCUT2D eigenvalue weighted by atomic mass is 16.4. The van der Waals surface area contributed by atoms with Crippen LogP contribution in [0.5, 0.6) is 0 Å². The number of carboxylic acid groups (broad SMARTS) is 1. The van der Waals surface area contributed by atoms with Crippen molar-refractivity contribution in [3.05, 3.63) is 11.6 Å². The van der Waals surface area contributed by atoms with Gasteiger partial charge in [0.15, 0.2) is 0 Å². The number of hydrogen-bond acceptors (Lipinski definition) is 4. The lowest BCUT2D eigenvalue weighted by atomic mass is 9.84. The molecule has 33 heavy (non-hydrogen) atoms. The fourth-order valence-corrected chi connectivity index (χ4v) is 4.45. The van der Waals surface area contributed by atoms with E-state index in [9.17, 15) is 19.5 Å². The lowest BCUT2D eigenvalue weighted by Gasteiger charge is -2.46. The molecule has 2 N–H and O–H groups in total. The van der Waals surface area contributed by atoms with Gasteiger partial charge in [0.05, 0.1) is 12.1 Å². The average molecular weight is 466 g/mol. The quantitative estimate of drug-likeness (QED) is 0.501. The van der Waals surface area contributed by atoms with E-state index in [2.05, 4.69) is 31.0 Å². The third-order valence-corrected chi connectivity index (χ3v) is 7.08. The largest absolute Gasteiger partial charge is 0.478 e. The number of carbonyl (C=O) groups excluding carboxylic acids is 2. The van der Waals surface area contributed by atoms with Crippen molar-refractivity contribution in [2.75, 3.05) is 13.6 Å². The van der Waals surface area contributed by atoms with E-state index in [1.165, 1.54) is 6.92 Å². The summed E-state index contributed by atoms with van der Waals surface area (Å²) in [6.07, 6.45) is 5.41. The van der Waals surface area contributed by atoms with Crippen LogP contribution >= 0.6 is 0 Å². The van der Waals surface area contributed by atoms with Gasteiger partial charge in [-0.3, -0.25) is 14.5 Å². The van der Waals surface area contributed by atoms with Gasteiger partial charge in [-0.05, 0) is 57.9 Å². The smallest absolute Gasteiger partial charge is 0.331 e. The summed E-state index contributed by atoms with van der Waals surface area (Å²) < 4.78 is 0. The van der Waals surface area contributed by atoms with Gasteiger partial charge in [-0.2, -0.15) is 0 Å². The predicted octanol–water partition coefficient (Wildman–Crippen LogP) is 4.07. The Labute approximate surface area is 201 Å². The highest BCUT2D eigenvalue weighted by molar-refractivity contribution is 5.91. The number of nitrogens with zero attached hydrogens (tertiary/aromatic N) is 2. The molecule has 0 aromatic heterocycles. The highest BCUT2D eigenvalue weighted by Crippen LogP contribution is 2.29. The number of hydrogen-bond donors (Lipinski definition) is 2. The number of amides is 2. The number of likely N-dealkylation sites (tertiary alicyclic amines) is 1. The molecule has 3 atom stereocenters. The molecule has 0 spiro atoms. The van der Waals surface area contributed by atoms with E-state index in [4.69, 9.17) is 0 Å². The van der Waals surface area contributed by atoms with E-state index in [0.29, 0.717) is 0 Å². The third kappa shape index (κ3) is 7.56. The number of carbonyl (C=O) groups is 3. The second-order valence-electron chi connectivity index (χ2n) is 11.5. The summed E-state index contributed by atoms with van der Waals surface area (Å²) in [5.74, 6) is -1.29. The van der Waals surface area contributed by atoms with Crippen molar-refractivity contribution >= 4 is 17.8 Å². The molecular formula is C26H47N3O4. The van der Waals surface area contributed by atoms with Gasteiger partial charge in [0, 0.05) is 18.2 Å². The Bertz CT molecular complexity index is 736. The first-order valence-electron chi connectivity index (χ1n) is 12.3. The van der Waals surface area contributed by atoms with Crippen LogP contribution in [0.2, 0.25) is 0 Å². The number of carboxylic acids is 1. The normalized spacial score (nSPS) is 20.3. The second kappa shape index (κ2) is 11.5. The molecule has 0 bridgehead atoms. The maximum Gasteiger partial charge on any atom is 0.331 e. The molecule has 1 heterocycles. The molecule has 0 aromatic rings. The van der Waals surface area contributed by atoms with Crippen molar-refractivity contribution in [2.45, 2.75) is 112 Å². The Morgan fingerprint density at radius 2 is 1.73 bits per heavy atom. The molecule has 190 valence electrons. The van der Waals surface area contributed by atoms with Crippen LogP contribution in [0.25, 0.3) is 0 Å². The summed E-state index contributed by atoms with van der Waals surface area (Å²) >= 11 is 0. The van der Waals surface area contributed by atoms with Crippen LogP contribution in [0.3, 0.4) is 0 Å². The Balaban J connectivity index is 3.21. The molecule has 7 nitrogen and oxygen atoms in total. The minimum Gasteiger partial charge on any atom is -0.478 e. The van der Waals surface area contributed by atoms with Crippen LogP contribution in [0, 0.1) is 11.3 Å². The zero-order chi connectivity index (χ0) is 25.7. The van der Waals surface area contributed by atoms with Crippen LogP contribution in [0.1, 0.15) is 88.0 Å². The minimum atomic E-state index is -1.00. The lowest BCUT2D eigenvalue weighted by Crippen LogP contribution is -2.62. The third-order valence-electron chi connectivity index (χ3n) is 7.08. The fraction of sp³-hybridized carbons (Fsp3) is 0.808. The molecule has 1 rings (SSSR count). The van der Waals surface area contributed by atoms with Crippen molar-refractivity contribution in [2.24, 2.45) is 11.3 Å². The molecule has 0 radical (unpaired) electrons. The van der Waals surface area contributed by atoms with Crippen molar-refractivity contribution in [3.63, 3.8) is 0 Å². The number of aliphatic carboxylic acids is 1.